The molecule has 0 aliphatic carbocycles. The first-order chi connectivity index (χ1) is 14.3. The first-order valence-electron chi connectivity index (χ1n) is 9.77. The fraction of sp³-hybridized carbons (Fsp3) is 0.500. The number of hydrogen-bond acceptors (Lipinski definition) is 7. The number of furan rings is 1. The van der Waals surface area contributed by atoms with Crippen molar-refractivity contribution in [3.63, 3.8) is 0 Å². The number of rotatable bonds is 9. The minimum atomic E-state index is -0.950. The molecule has 0 saturated heterocycles. The van der Waals surface area contributed by atoms with Gasteiger partial charge in [-0.05, 0) is 31.4 Å². The van der Waals surface area contributed by atoms with Gasteiger partial charge in [0.05, 0.1) is 30.2 Å². The van der Waals surface area contributed by atoms with Crippen molar-refractivity contribution in [3.8, 4) is 0 Å². The maximum absolute atomic E-state index is 12.6. The number of amides is 3. The van der Waals surface area contributed by atoms with Gasteiger partial charge in [0.1, 0.15) is 12.6 Å². The molecule has 0 unspecified atom stereocenters. The van der Waals surface area contributed by atoms with Crippen LogP contribution in [0.4, 0.5) is 4.79 Å². The van der Waals surface area contributed by atoms with Crippen LogP contribution in [0.15, 0.2) is 34.1 Å². The van der Waals surface area contributed by atoms with E-state index in [4.69, 9.17) is 13.9 Å². The van der Waals surface area contributed by atoms with E-state index in [0.29, 0.717) is 6.42 Å². The highest BCUT2D eigenvalue weighted by atomic mass is 16.5. The molecule has 0 aromatic carbocycles. The molecule has 30 heavy (non-hydrogen) atoms. The molecule has 2 heterocycles. The van der Waals surface area contributed by atoms with E-state index in [1.165, 1.54) is 12.3 Å². The molecule has 1 aromatic heterocycles. The molecular weight excluding hydrogens is 394 g/mol. The number of hydrogen-bond donors (Lipinski definition) is 3. The minimum absolute atomic E-state index is 0.0668. The Balaban J connectivity index is 2.15. The summed E-state index contributed by atoms with van der Waals surface area (Å²) in [6.07, 6.45) is 1.80. The Morgan fingerprint density at radius 1 is 1.23 bits per heavy atom. The zero-order chi connectivity index (χ0) is 22.3. The maximum atomic E-state index is 12.6. The highest BCUT2D eigenvalue weighted by molar-refractivity contribution is 5.95. The van der Waals surface area contributed by atoms with Crippen molar-refractivity contribution in [2.75, 3.05) is 13.2 Å². The molecule has 0 spiro atoms. The van der Waals surface area contributed by atoms with Crippen molar-refractivity contribution in [2.24, 2.45) is 5.92 Å². The first-order valence-corrected chi connectivity index (χ1v) is 9.77. The molecule has 10 nitrogen and oxygen atoms in total. The molecule has 0 bridgehead atoms. The fourth-order valence-corrected chi connectivity index (χ4v) is 2.93. The molecule has 0 fully saturated rings. The van der Waals surface area contributed by atoms with Gasteiger partial charge in [-0.25, -0.2) is 14.4 Å². The maximum Gasteiger partial charge on any atom is 0.338 e. The Hall–Kier alpha value is -3.30. The van der Waals surface area contributed by atoms with Crippen LogP contribution in [0.5, 0.6) is 0 Å². The van der Waals surface area contributed by atoms with Crippen LogP contribution < -0.4 is 16.0 Å². The number of carbonyl (C=O) groups excluding carboxylic acids is 4. The van der Waals surface area contributed by atoms with Crippen LogP contribution >= 0.6 is 0 Å². The second-order valence-corrected chi connectivity index (χ2v) is 6.95. The van der Waals surface area contributed by atoms with Gasteiger partial charge in [0.25, 0.3) is 5.91 Å². The largest absolute Gasteiger partial charge is 0.463 e. The van der Waals surface area contributed by atoms with Gasteiger partial charge >= 0.3 is 18.0 Å². The van der Waals surface area contributed by atoms with Crippen LogP contribution in [-0.4, -0.2) is 49.2 Å². The summed E-state index contributed by atoms with van der Waals surface area (Å²) >= 11 is 0. The molecule has 3 amide bonds. The van der Waals surface area contributed by atoms with E-state index in [-0.39, 0.29) is 36.2 Å². The van der Waals surface area contributed by atoms with Gasteiger partial charge in [-0.15, -0.1) is 0 Å². The quantitative estimate of drug-likeness (QED) is 0.514. The molecule has 1 aliphatic rings. The average molecular weight is 421 g/mol. The lowest BCUT2D eigenvalue weighted by Crippen LogP contribution is -2.51. The lowest BCUT2D eigenvalue weighted by atomic mass is 10.0. The highest BCUT2D eigenvalue weighted by Gasteiger charge is 2.33. The smallest absolute Gasteiger partial charge is 0.338 e. The Kier molecular flexibility index (Phi) is 8.02. The predicted molar refractivity (Wildman–Crippen MR) is 105 cm³/mol. The predicted octanol–water partition coefficient (Wildman–Crippen LogP) is 1.49. The normalized spacial score (nSPS) is 17.1. The monoisotopic (exact) mass is 421 g/mol. The van der Waals surface area contributed by atoms with E-state index in [1.807, 2.05) is 0 Å². The van der Waals surface area contributed by atoms with Crippen LogP contribution in [0, 0.1) is 5.92 Å². The molecule has 0 radical (unpaired) electrons. The third-order valence-electron chi connectivity index (χ3n) is 4.46. The van der Waals surface area contributed by atoms with Crippen molar-refractivity contribution < 1.29 is 33.1 Å². The van der Waals surface area contributed by atoms with E-state index in [9.17, 15) is 19.2 Å². The Morgan fingerprint density at radius 3 is 2.53 bits per heavy atom. The van der Waals surface area contributed by atoms with Gasteiger partial charge < -0.3 is 29.8 Å². The number of nitrogens with one attached hydrogen (secondary N) is 3. The summed E-state index contributed by atoms with van der Waals surface area (Å²) in [5.41, 5.74) is 0.352. The Labute approximate surface area is 174 Å². The Morgan fingerprint density at radius 2 is 1.97 bits per heavy atom. The zero-order valence-electron chi connectivity index (χ0n) is 17.4. The lowest BCUT2D eigenvalue weighted by Gasteiger charge is -2.28. The molecule has 2 atom stereocenters. The van der Waals surface area contributed by atoms with Gasteiger partial charge in [0.2, 0.25) is 0 Å². The van der Waals surface area contributed by atoms with Gasteiger partial charge in [-0.1, -0.05) is 20.8 Å². The van der Waals surface area contributed by atoms with E-state index < -0.39 is 36.0 Å². The number of urea groups is 1. The van der Waals surface area contributed by atoms with Crippen LogP contribution in [0.25, 0.3) is 0 Å². The fourth-order valence-electron chi connectivity index (χ4n) is 2.93. The first kappa shape index (κ1) is 23.0. The average Bonchev–Trinajstić information content (AvgIpc) is 3.24. The lowest BCUT2D eigenvalue weighted by molar-refractivity contribution is -0.146. The van der Waals surface area contributed by atoms with Gasteiger partial charge in [-0.2, -0.15) is 0 Å². The molecular formula is C20H27N3O7. The molecule has 1 aromatic rings. The highest BCUT2D eigenvalue weighted by Crippen LogP contribution is 2.18. The topological polar surface area (TPSA) is 136 Å². The van der Waals surface area contributed by atoms with Crippen molar-refractivity contribution >= 4 is 23.9 Å². The van der Waals surface area contributed by atoms with Crippen LogP contribution in [-0.2, 0) is 19.1 Å². The SMILES string of the molecule is CCOC(=O)C1=C(COC(=O)[C@@H](NC(=O)c2ccco2)C(C)C)NC(=O)N[C@@H]1CC. The van der Waals surface area contributed by atoms with Crippen molar-refractivity contribution in [2.45, 2.75) is 46.2 Å². The molecule has 1 aliphatic heterocycles. The summed E-state index contributed by atoms with van der Waals surface area (Å²) in [5.74, 6) is -2.07. The van der Waals surface area contributed by atoms with E-state index in [0.717, 1.165) is 0 Å². The minimum Gasteiger partial charge on any atom is -0.463 e. The zero-order valence-corrected chi connectivity index (χ0v) is 17.4. The van der Waals surface area contributed by atoms with Gasteiger partial charge in [0, 0.05) is 0 Å². The molecule has 10 heteroatoms. The van der Waals surface area contributed by atoms with Crippen LogP contribution in [0.3, 0.4) is 0 Å². The summed E-state index contributed by atoms with van der Waals surface area (Å²) in [6.45, 7) is 6.78. The summed E-state index contributed by atoms with van der Waals surface area (Å²) < 4.78 is 15.4. The number of carbonyl (C=O) groups is 4. The van der Waals surface area contributed by atoms with E-state index in [1.54, 1.807) is 33.8 Å². The third-order valence-corrected chi connectivity index (χ3v) is 4.46. The molecule has 2 rings (SSSR count). The summed E-state index contributed by atoms with van der Waals surface area (Å²) in [6, 6.07) is 1.02. The molecule has 3 N–H and O–H groups in total. The van der Waals surface area contributed by atoms with Crippen LogP contribution in [0.1, 0.15) is 44.7 Å². The standard InChI is InChI=1S/C20H27N3O7/c1-5-12-15(18(25)28-6-2)13(22-20(27)21-12)10-30-19(26)16(11(3)4)23-17(24)14-8-7-9-29-14/h7-9,11-12,16H,5-6,10H2,1-4H3,(H,23,24)(H2,21,22,27)/t12-,16+/m1/s1. The van der Waals surface area contributed by atoms with Crippen molar-refractivity contribution in [1.29, 1.82) is 0 Å². The summed E-state index contributed by atoms with van der Waals surface area (Å²) in [4.78, 5) is 49.1. The summed E-state index contributed by atoms with van der Waals surface area (Å²) in [5, 5.41) is 7.72. The van der Waals surface area contributed by atoms with Crippen molar-refractivity contribution in [1.82, 2.24) is 16.0 Å². The van der Waals surface area contributed by atoms with E-state index in [2.05, 4.69) is 16.0 Å². The second kappa shape index (κ2) is 10.5. The summed E-state index contributed by atoms with van der Waals surface area (Å²) in [7, 11) is 0. The van der Waals surface area contributed by atoms with Gasteiger partial charge in [0.15, 0.2) is 5.76 Å². The molecule has 0 saturated carbocycles. The third kappa shape index (κ3) is 5.62. The number of ether oxygens (including phenoxy) is 2. The number of esters is 2. The van der Waals surface area contributed by atoms with Crippen molar-refractivity contribution in [3.05, 3.63) is 35.4 Å². The second-order valence-electron chi connectivity index (χ2n) is 6.95. The molecule has 164 valence electrons. The van der Waals surface area contributed by atoms with Crippen LogP contribution in [0.2, 0.25) is 0 Å². The van der Waals surface area contributed by atoms with Gasteiger partial charge in [-0.3, -0.25) is 4.79 Å². The Bertz CT molecular complexity index is 814. The van der Waals surface area contributed by atoms with E-state index >= 15 is 0 Å².